The van der Waals surface area contributed by atoms with Crippen molar-refractivity contribution >= 4 is 33.5 Å². The SMILES string of the molecule is CN1CC(NC(=O)c2cccc([C@@H](CCN3CCC(CO)CC3)NC(=O)c3nc4cc5c(nc4s3)CC[C@H](C(C)(C)C)C5)c2)C1. The van der Waals surface area contributed by atoms with Gasteiger partial charge in [0.15, 0.2) is 5.01 Å². The number of likely N-dealkylation sites (N-methyl/N-ethyl adjacent to an activating group) is 1. The number of hydrogen-bond acceptors (Lipinski definition) is 8. The molecule has 10 heteroatoms. The molecule has 0 spiro atoms. The van der Waals surface area contributed by atoms with Crippen LogP contribution in [0.25, 0.3) is 10.3 Å². The second kappa shape index (κ2) is 13.4. The van der Waals surface area contributed by atoms with Crippen molar-refractivity contribution in [1.29, 1.82) is 0 Å². The first-order chi connectivity index (χ1) is 21.6. The van der Waals surface area contributed by atoms with Crippen LogP contribution in [-0.4, -0.2) is 89.1 Å². The Bertz CT molecular complexity index is 1520. The molecule has 9 nitrogen and oxygen atoms in total. The zero-order valence-corrected chi connectivity index (χ0v) is 28.0. The molecule has 3 aliphatic rings. The Hall–Kier alpha value is -2.92. The highest BCUT2D eigenvalue weighted by Crippen LogP contribution is 2.38. The van der Waals surface area contributed by atoms with Crippen LogP contribution in [-0.2, 0) is 12.8 Å². The van der Waals surface area contributed by atoms with E-state index in [1.54, 1.807) is 0 Å². The summed E-state index contributed by atoms with van der Waals surface area (Å²) in [5.41, 5.74) is 4.96. The number of fused-ring (bicyclic) bond motifs is 2. The number of aryl methyl sites for hydroxylation is 1. The molecule has 1 aromatic carbocycles. The molecule has 45 heavy (non-hydrogen) atoms. The minimum atomic E-state index is -0.281. The van der Waals surface area contributed by atoms with E-state index in [9.17, 15) is 14.7 Å². The van der Waals surface area contributed by atoms with Crippen LogP contribution in [0.4, 0.5) is 0 Å². The summed E-state index contributed by atoms with van der Waals surface area (Å²) in [4.78, 5) is 41.9. The van der Waals surface area contributed by atoms with Gasteiger partial charge in [-0.2, -0.15) is 0 Å². The Kier molecular flexibility index (Phi) is 9.57. The van der Waals surface area contributed by atoms with Crippen LogP contribution in [0.3, 0.4) is 0 Å². The van der Waals surface area contributed by atoms with Crippen LogP contribution < -0.4 is 10.6 Å². The third-order valence-electron chi connectivity index (χ3n) is 10.1. The Morgan fingerprint density at radius 2 is 1.87 bits per heavy atom. The van der Waals surface area contributed by atoms with Gasteiger partial charge in [-0.05, 0) is 105 Å². The van der Waals surface area contributed by atoms with Gasteiger partial charge in [0.2, 0.25) is 0 Å². The van der Waals surface area contributed by atoms with Gasteiger partial charge in [-0.1, -0.05) is 44.2 Å². The largest absolute Gasteiger partial charge is 0.396 e. The van der Waals surface area contributed by atoms with E-state index in [1.807, 2.05) is 31.3 Å². The number of piperidine rings is 1. The van der Waals surface area contributed by atoms with Gasteiger partial charge >= 0.3 is 0 Å². The number of nitrogens with one attached hydrogen (secondary N) is 2. The molecule has 242 valence electrons. The Morgan fingerprint density at radius 1 is 1.09 bits per heavy atom. The summed E-state index contributed by atoms with van der Waals surface area (Å²) in [6.45, 7) is 11.6. The Balaban J connectivity index is 1.19. The normalized spacial score (nSPS) is 20.9. The van der Waals surface area contributed by atoms with Crippen molar-refractivity contribution in [1.82, 2.24) is 30.4 Å². The number of aromatic nitrogens is 2. The monoisotopic (exact) mass is 632 g/mol. The van der Waals surface area contributed by atoms with Crippen LogP contribution in [0.1, 0.15) is 89.5 Å². The summed E-state index contributed by atoms with van der Waals surface area (Å²) < 4.78 is 0. The minimum Gasteiger partial charge on any atom is -0.396 e. The summed E-state index contributed by atoms with van der Waals surface area (Å²) in [6.07, 6.45) is 5.78. The maximum Gasteiger partial charge on any atom is 0.280 e. The summed E-state index contributed by atoms with van der Waals surface area (Å²) in [6, 6.07) is 9.69. The molecule has 4 heterocycles. The molecule has 2 aromatic heterocycles. The smallest absolute Gasteiger partial charge is 0.280 e. The molecule has 3 aromatic rings. The van der Waals surface area contributed by atoms with Crippen LogP contribution in [0, 0.1) is 17.3 Å². The second-order valence-electron chi connectivity index (χ2n) is 14.5. The number of hydrogen-bond donors (Lipinski definition) is 3. The van der Waals surface area contributed by atoms with E-state index in [2.05, 4.69) is 47.3 Å². The average molecular weight is 633 g/mol. The first-order valence-electron chi connectivity index (χ1n) is 16.6. The molecular weight excluding hydrogens is 584 g/mol. The third-order valence-corrected chi connectivity index (χ3v) is 11.1. The van der Waals surface area contributed by atoms with Gasteiger partial charge in [-0.3, -0.25) is 9.59 Å². The highest BCUT2D eigenvalue weighted by Gasteiger charge is 2.31. The summed E-state index contributed by atoms with van der Waals surface area (Å²) in [7, 11) is 2.04. The van der Waals surface area contributed by atoms with E-state index in [4.69, 9.17) is 9.97 Å². The molecule has 2 aliphatic heterocycles. The number of amides is 2. The van der Waals surface area contributed by atoms with Crippen molar-refractivity contribution in [3.8, 4) is 0 Å². The molecule has 3 N–H and O–H groups in total. The molecule has 2 fully saturated rings. The van der Waals surface area contributed by atoms with Crippen LogP contribution in [0.2, 0.25) is 0 Å². The summed E-state index contributed by atoms with van der Waals surface area (Å²) in [5, 5.41) is 16.4. The number of carbonyl (C=O) groups is 2. The van der Waals surface area contributed by atoms with Crippen molar-refractivity contribution in [3.63, 3.8) is 0 Å². The fourth-order valence-electron chi connectivity index (χ4n) is 7.05. The van der Waals surface area contributed by atoms with Gasteiger partial charge in [0.1, 0.15) is 10.3 Å². The molecule has 2 saturated heterocycles. The number of pyridine rings is 1. The van der Waals surface area contributed by atoms with Crippen molar-refractivity contribution in [2.45, 2.75) is 71.4 Å². The fraction of sp³-hybridized carbons (Fsp3) is 0.600. The molecule has 0 bridgehead atoms. The minimum absolute atomic E-state index is 0.0824. The maximum absolute atomic E-state index is 13.8. The number of thiazole rings is 1. The first-order valence-corrected chi connectivity index (χ1v) is 17.4. The van der Waals surface area contributed by atoms with E-state index < -0.39 is 0 Å². The number of nitrogens with zero attached hydrogens (tertiary/aromatic N) is 4. The molecular formula is C35H48N6O3S. The lowest BCUT2D eigenvalue weighted by atomic mass is 9.71. The lowest BCUT2D eigenvalue weighted by molar-refractivity contribution is 0.0857. The van der Waals surface area contributed by atoms with E-state index in [0.717, 1.165) is 86.4 Å². The number of aliphatic hydroxyl groups excluding tert-OH is 1. The predicted molar refractivity (Wildman–Crippen MR) is 179 cm³/mol. The van der Waals surface area contributed by atoms with E-state index >= 15 is 0 Å². The lowest BCUT2D eigenvalue weighted by Gasteiger charge is -2.36. The zero-order valence-electron chi connectivity index (χ0n) is 27.1. The summed E-state index contributed by atoms with van der Waals surface area (Å²) >= 11 is 1.36. The van der Waals surface area contributed by atoms with Gasteiger partial charge in [0, 0.05) is 37.5 Å². The molecule has 2 amide bonds. The van der Waals surface area contributed by atoms with E-state index in [1.165, 1.54) is 16.9 Å². The quantitative estimate of drug-likeness (QED) is 0.320. The average Bonchev–Trinajstić information content (AvgIpc) is 3.43. The summed E-state index contributed by atoms with van der Waals surface area (Å²) in [5.74, 6) is 0.690. The van der Waals surface area contributed by atoms with Crippen LogP contribution in [0.15, 0.2) is 30.3 Å². The standard InChI is InChI=1S/C35H48N6O3S/c1-35(2,3)26-8-9-28-25(17-26)18-30-33(38-28)45-34(39-30)32(44)37-29(12-15-41-13-10-22(21-42)11-14-41)23-6-5-7-24(16-23)31(43)36-27-19-40(4)20-27/h5-7,16,18,22,26-27,29,42H,8-15,17,19-21H2,1-4H3,(H,36,43)(H,37,44)/t26-,29+/m0/s1. The van der Waals surface area contributed by atoms with Gasteiger partial charge in [0.05, 0.1) is 12.1 Å². The highest BCUT2D eigenvalue weighted by molar-refractivity contribution is 7.19. The molecule has 1 aliphatic carbocycles. The topological polar surface area (TPSA) is 111 Å². The van der Waals surface area contributed by atoms with Gasteiger partial charge in [-0.25, -0.2) is 9.97 Å². The number of likely N-dealkylation sites (tertiary alicyclic amines) is 2. The lowest BCUT2D eigenvalue weighted by Crippen LogP contribution is -2.57. The Morgan fingerprint density at radius 3 is 2.58 bits per heavy atom. The fourth-order valence-corrected chi connectivity index (χ4v) is 7.89. The van der Waals surface area contributed by atoms with Gasteiger partial charge < -0.3 is 25.5 Å². The van der Waals surface area contributed by atoms with Crippen molar-refractivity contribution in [2.75, 3.05) is 46.4 Å². The maximum atomic E-state index is 13.8. The van der Waals surface area contributed by atoms with Crippen LogP contribution >= 0.6 is 11.3 Å². The van der Waals surface area contributed by atoms with Gasteiger partial charge in [-0.15, -0.1) is 0 Å². The Labute approximate surface area is 270 Å². The third kappa shape index (κ3) is 7.56. The molecule has 2 atom stereocenters. The number of rotatable bonds is 9. The predicted octanol–water partition coefficient (Wildman–Crippen LogP) is 4.45. The van der Waals surface area contributed by atoms with Gasteiger partial charge in [0.25, 0.3) is 11.8 Å². The molecule has 0 unspecified atom stereocenters. The van der Waals surface area contributed by atoms with Crippen LogP contribution in [0.5, 0.6) is 0 Å². The number of carbonyl (C=O) groups excluding carboxylic acids is 2. The van der Waals surface area contributed by atoms with E-state index in [0.29, 0.717) is 28.8 Å². The number of benzene rings is 1. The first kappa shape index (κ1) is 32.0. The molecule has 0 saturated carbocycles. The molecule has 6 rings (SSSR count). The van der Waals surface area contributed by atoms with E-state index in [-0.39, 0.29) is 35.9 Å². The van der Waals surface area contributed by atoms with Crippen molar-refractivity contribution in [2.24, 2.45) is 17.3 Å². The number of aliphatic hydroxyl groups is 1. The second-order valence-corrected chi connectivity index (χ2v) is 15.5. The highest BCUT2D eigenvalue weighted by atomic mass is 32.1. The van der Waals surface area contributed by atoms with Crippen molar-refractivity contribution in [3.05, 3.63) is 57.7 Å². The molecule has 0 radical (unpaired) electrons. The van der Waals surface area contributed by atoms with Crippen molar-refractivity contribution < 1.29 is 14.7 Å². The zero-order chi connectivity index (χ0) is 31.7.